The molecule has 0 aromatic rings. The largest absolute Gasteiger partial charge is 0.301 e. The number of rotatable bonds is 3. The first-order valence-corrected chi connectivity index (χ1v) is 7.47. The third-order valence-electron chi connectivity index (χ3n) is 4.01. The van der Waals surface area contributed by atoms with Crippen LogP contribution in [0.25, 0.3) is 0 Å². The second-order valence-electron chi connectivity index (χ2n) is 7.21. The average Bonchev–Trinajstić information content (AvgIpc) is 2.39. The van der Waals surface area contributed by atoms with Crippen molar-refractivity contribution in [3.8, 4) is 0 Å². The van der Waals surface area contributed by atoms with Crippen molar-refractivity contribution in [2.45, 2.75) is 41.5 Å². The van der Waals surface area contributed by atoms with E-state index >= 15 is 0 Å². The van der Waals surface area contributed by atoms with Crippen LogP contribution >= 0.6 is 0 Å². The molecule has 0 bridgehead atoms. The van der Waals surface area contributed by atoms with E-state index in [1.54, 1.807) is 0 Å². The number of carbonyl (C=O) groups excluding carboxylic acids is 2. The highest BCUT2D eigenvalue weighted by Crippen LogP contribution is 2.30. The summed E-state index contributed by atoms with van der Waals surface area (Å²) in [7, 11) is 0. The van der Waals surface area contributed by atoms with Crippen LogP contribution in [-0.4, -0.2) is 11.6 Å². The lowest BCUT2D eigenvalue weighted by atomic mass is 9.80. The van der Waals surface area contributed by atoms with Gasteiger partial charge in [-0.1, -0.05) is 0 Å². The Bertz CT molecular complexity index is 601. The maximum Gasteiger partial charge on any atom is 0.168 e. The molecule has 0 heterocycles. The summed E-state index contributed by atoms with van der Waals surface area (Å²) in [5.41, 5.74) is 8.41. The summed E-state index contributed by atoms with van der Waals surface area (Å²) in [6, 6.07) is 0. The van der Waals surface area contributed by atoms with Crippen LogP contribution in [0.3, 0.4) is 0 Å². The second kappa shape index (κ2) is 5.27. The molecule has 2 aliphatic rings. The standard InChI is InChI=1S/C18H24N2O2/c1-11-7-13(9-17(3,4)15(11)21)19-20-14-8-12(2)16(22)18(5,6)10-14/h7-10,19-20H,1-6H3. The molecule has 2 aliphatic carbocycles. The van der Waals surface area contributed by atoms with Crippen molar-refractivity contribution in [2.75, 3.05) is 0 Å². The monoisotopic (exact) mass is 300 g/mol. The molecule has 0 fully saturated rings. The zero-order valence-corrected chi connectivity index (χ0v) is 14.1. The van der Waals surface area contributed by atoms with Crippen molar-refractivity contribution in [1.29, 1.82) is 0 Å². The molecule has 4 nitrogen and oxygen atoms in total. The van der Waals surface area contributed by atoms with Gasteiger partial charge in [-0.05, 0) is 77.0 Å². The number of carbonyl (C=O) groups is 2. The van der Waals surface area contributed by atoms with Gasteiger partial charge in [-0.25, -0.2) is 0 Å². The number of Topliss-reactive ketones (excluding diaryl/α,β-unsaturated/α-hetero) is 2. The lowest BCUT2D eigenvalue weighted by Crippen LogP contribution is -2.37. The molecule has 0 aromatic carbocycles. The lowest BCUT2D eigenvalue weighted by molar-refractivity contribution is -0.122. The minimum absolute atomic E-state index is 0.136. The predicted molar refractivity (Wildman–Crippen MR) is 87.5 cm³/mol. The van der Waals surface area contributed by atoms with Gasteiger partial charge >= 0.3 is 0 Å². The summed E-state index contributed by atoms with van der Waals surface area (Å²) in [5.74, 6) is 0.273. The van der Waals surface area contributed by atoms with Crippen molar-refractivity contribution in [3.05, 3.63) is 46.8 Å². The summed E-state index contributed by atoms with van der Waals surface area (Å²) in [5, 5.41) is 0. The fourth-order valence-corrected chi connectivity index (χ4v) is 2.89. The predicted octanol–water partition coefficient (Wildman–Crippen LogP) is 2.96. The van der Waals surface area contributed by atoms with Crippen molar-refractivity contribution in [3.63, 3.8) is 0 Å². The maximum atomic E-state index is 12.0. The van der Waals surface area contributed by atoms with Gasteiger partial charge < -0.3 is 10.9 Å². The Kier molecular flexibility index (Phi) is 3.90. The molecule has 0 atom stereocenters. The van der Waals surface area contributed by atoms with E-state index < -0.39 is 10.8 Å². The molecule has 0 amide bonds. The first-order valence-electron chi connectivity index (χ1n) is 7.47. The molecule has 118 valence electrons. The van der Waals surface area contributed by atoms with E-state index in [1.165, 1.54) is 0 Å². The number of nitrogens with one attached hydrogen (secondary N) is 2. The third-order valence-corrected chi connectivity index (χ3v) is 4.01. The van der Waals surface area contributed by atoms with Crippen molar-refractivity contribution < 1.29 is 9.59 Å². The van der Waals surface area contributed by atoms with Crippen molar-refractivity contribution in [1.82, 2.24) is 10.9 Å². The number of hydrogen-bond donors (Lipinski definition) is 2. The summed E-state index contributed by atoms with van der Waals surface area (Å²) in [6.07, 6.45) is 7.48. The van der Waals surface area contributed by atoms with E-state index in [-0.39, 0.29) is 11.6 Å². The minimum Gasteiger partial charge on any atom is -0.301 e. The quantitative estimate of drug-likeness (QED) is 0.787. The first-order chi connectivity index (χ1) is 10.0. The Morgan fingerprint density at radius 2 is 1.05 bits per heavy atom. The van der Waals surface area contributed by atoms with E-state index in [2.05, 4.69) is 10.9 Å². The van der Waals surface area contributed by atoms with Crippen LogP contribution in [0, 0.1) is 10.8 Å². The summed E-state index contributed by atoms with van der Waals surface area (Å²) >= 11 is 0. The van der Waals surface area contributed by atoms with Crippen LogP contribution < -0.4 is 10.9 Å². The zero-order valence-electron chi connectivity index (χ0n) is 14.1. The molecule has 0 aromatic heterocycles. The highest BCUT2D eigenvalue weighted by atomic mass is 16.1. The minimum atomic E-state index is -0.509. The van der Waals surface area contributed by atoms with Gasteiger partial charge in [0.2, 0.25) is 0 Å². The smallest absolute Gasteiger partial charge is 0.168 e. The van der Waals surface area contributed by atoms with Crippen LogP contribution in [-0.2, 0) is 9.59 Å². The van der Waals surface area contributed by atoms with Gasteiger partial charge in [0.15, 0.2) is 11.6 Å². The SMILES string of the molecule is CC1=CC(NNC2=CC(C)(C)C(=O)C(C)=C2)=CC(C)(C)C1=O. The van der Waals surface area contributed by atoms with E-state index in [0.29, 0.717) is 0 Å². The fraction of sp³-hybridized carbons (Fsp3) is 0.444. The molecule has 4 heteroatoms. The van der Waals surface area contributed by atoms with Crippen LogP contribution in [0.4, 0.5) is 0 Å². The van der Waals surface area contributed by atoms with Crippen LogP contribution in [0.15, 0.2) is 46.8 Å². The molecule has 0 saturated carbocycles. The number of hydrogen-bond acceptors (Lipinski definition) is 4. The van der Waals surface area contributed by atoms with Gasteiger partial charge in [-0.2, -0.15) is 0 Å². The van der Waals surface area contributed by atoms with E-state index in [1.807, 2.05) is 65.8 Å². The topological polar surface area (TPSA) is 58.2 Å². The Labute approximate surface area is 132 Å². The number of hydrazine groups is 1. The average molecular weight is 300 g/mol. The van der Waals surface area contributed by atoms with Gasteiger partial charge in [0.25, 0.3) is 0 Å². The Morgan fingerprint density at radius 1 is 0.727 bits per heavy atom. The highest BCUT2D eigenvalue weighted by molar-refractivity contribution is 6.02. The Morgan fingerprint density at radius 3 is 1.32 bits per heavy atom. The molecule has 2 N–H and O–H groups in total. The maximum absolute atomic E-state index is 12.0. The van der Waals surface area contributed by atoms with Crippen molar-refractivity contribution >= 4 is 11.6 Å². The highest BCUT2D eigenvalue weighted by Gasteiger charge is 2.31. The summed E-state index contributed by atoms with van der Waals surface area (Å²) in [6.45, 7) is 11.3. The number of ketones is 2. The summed E-state index contributed by atoms with van der Waals surface area (Å²) < 4.78 is 0. The van der Waals surface area contributed by atoms with Gasteiger partial charge in [-0.15, -0.1) is 0 Å². The Balaban J connectivity index is 2.15. The van der Waals surface area contributed by atoms with Crippen LogP contribution in [0.2, 0.25) is 0 Å². The molecule has 0 saturated heterocycles. The number of allylic oxidation sites excluding steroid dienone is 6. The molecule has 2 rings (SSSR count). The first kappa shape index (κ1) is 16.3. The molecular formula is C18H24N2O2. The molecule has 0 unspecified atom stereocenters. The van der Waals surface area contributed by atoms with E-state index in [9.17, 15) is 9.59 Å². The Hall–Kier alpha value is -2.10. The van der Waals surface area contributed by atoms with E-state index in [4.69, 9.17) is 0 Å². The normalized spacial score (nSPS) is 23.2. The molecule has 0 radical (unpaired) electrons. The van der Waals surface area contributed by atoms with Gasteiger partial charge in [0.05, 0.1) is 11.4 Å². The fourth-order valence-electron chi connectivity index (χ4n) is 2.89. The van der Waals surface area contributed by atoms with Crippen LogP contribution in [0.1, 0.15) is 41.5 Å². The molecule has 0 spiro atoms. The van der Waals surface area contributed by atoms with Crippen LogP contribution in [0.5, 0.6) is 0 Å². The molecule has 22 heavy (non-hydrogen) atoms. The van der Waals surface area contributed by atoms with E-state index in [0.717, 1.165) is 22.5 Å². The van der Waals surface area contributed by atoms with Gasteiger partial charge in [0, 0.05) is 10.8 Å². The van der Waals surface area contributed by atoms with Crippen molar-refractivity contribution in [2.24, 2.45) is 10.8 Å². The van der Waals surface area contributed by atoms with Gasteiger partial charge in [-0.3, -0.25) is 9.59 Å². The molecule has 0 aliphatic heterocycles. The summed E-state index contributed by atoms with van der Waals surface area (Å²) in [4.78, 5) is 24.1. The lowest BCUT2D eigenvalue weighted by Gasteiger charge is -2.28. The van der Waals surface area contributed by atoms with Gasteiger partial charge in [0.1, 0.15) is 0 Å². The second-order valence-corrected chi connectivity index (χ2v) is 7.21. The molecular weight excluding hydrogens is 276 g/mol. The third kappa shape index (κ3) is 3.06. The zero-order chi connectivity index (χ0) is 16.7.